The molecule has 0 atom stereocenters. The van der Waals surface area contributed by atoms with Crippen molar-refractivity contribution in [2.75, 3.05) is 11.5 Å². The first kappa shape index (κ1) is 15.2. The van der Waals surface area contributed by atoms with Gasteiger partial charge in [-0.3, -0.25) is 0 Å². The van der Waals surface area contributed by atoms with Crippen molar-refractivity contribution in [3.8, 4) is 0 Å². The van der Waals surface area contributed by atoms with Gasteiger partial charge in [-0.15, -0.1) is 0 Å². The topological polar surface area (TPSA) is 52.0 Å². The number of hydrogen-bond acceptors (Lipinski definition) is 2. The molecule has 0 amide bonds. The Bertz CT molecular complexity index is 495. The summed E-state index contributed by atoms with van der Waals surface area (Å²) in [5.74, 6) is 1.50. The fourth-order valence-corrected chi connectivity index (χ4v) is 3.97. The molecule has 0 aliphatic heterocycles. The Balaban J connectivity index is 2.72. The van der Waals surface area contributed by atoms with Crippen LogP contribution in [0.5, 0.6) is 0 Å². The molecule has 1 aliphatic carbocycles. The molecule has 2 heteroatoms. The van der Waals surface area contributed by atoms with Crippen molar-refractivity contribution in [3.63, 3.8) is 0 Å². The van der Waals surface area contributed by atoms with Crippen molar-refractivity contribution in [2.24, 2.45) is 0 Å². The summed E-state index contributed by atoms with van der Waals surface area (Å²) in [6, 6.07) is 0. The Morgan fingerprint density at radius 2 is 1.35 bits per heavy atom. The lowest BCUT2D eigenvalue weighted by Gasteiger charge is -2.28. The Labute approximate surface area is 123 Å². The summed E-state index contributed by atoms with van der Waals surface area (Å²) in [5.41, 5.74) is 20.2. The van der Waals surface area contributed by atoms with Crippen LogP contribution < -0.4 is 11.5 Å². The van der Waals surface area contributed by atoms with E-state index in [1.54, 1.807) is 0 Å². The van der Waals surface area contributed by atoms with Crippen LogP contribution in [0.15, 0.2) is 0 Å². The molecule has 0 bridgehead atoms. The van der Waals surface area contributed by atoms with Gasteiger partial charge in [0.25, 0.3) is 0 Å². The zero-order valence-electron chi connectivity index (χ0n) is 13.7. The first-order valence-corrected chi connectivity index (χ1v) is 8.07. The first-order valence-electron chi connectivity index (χ1n) is 8.07. The van der Waals surface area contributed by atoms with Crippen molar-refractivity contribution in [2.45, 2.75) is 78.1 Å². The van der Waals surface area contributed by atoms with Crippen molar-refractivity contribution >= 4 is 11.4 Å². The number of benzene rings is 1. The van der Waals surface area contributed by atoms with E-state index in [4.69, 9.17) is 11.5 Å². The van der Waals surface area contributed by atoms with Gasteiger partial charge in [-0.2, -0.15) is 0 Å². The van der Waals surface area contributed by atoms with Crippen LogP contribution in [-0.2, 0) is 0 Å². The Morgan fingerprint density at radius 1 is 0.850 bits per heavy atom. The maximum atomic E-state index is 6.54. The van der Waals surface area contributed by atoms with Gasteiger partial charge in [0, 0.05) is 16.9 Å². The molecule has 0 unspecified atom stereocenters. The zero-order valence-corrected chi connectivity index (χ0v) is 13.7. The Morgan fingerprint density at radius 3 is 1.80 bits per heavy atom. The maximum Gasteiger partial charge on any atom is 0.0408 e. The van der Waals surface area contributed by atoms with Gasteiger partial charge in [0.2, 0.25) is 0 Å². The molecule has 0 radical (unpaired) electrons. The van der Waals surface area contributed by atoms with E-state index in [0.717, 1.165) is 16.9 Å². The van der Waals surface area contributed by atoms with E-state index in [1.807, 2.05) is 0 Å². The van der Waals surface area contributed by atoms with Crippen LogP contribution in [0.25, 0.3) is 0 Å². The lowest BCUT2D eigenvalue weighted by molar-refractivity contribution is 0.692. The van der Waals surface area contributed by atoms with Crippen LogP contribution in [-0.4, -0.2) is 0 Å². The molecular formula is C18H30N2. The molecule has 0 aromatic heterocycles. The minimum Gasteiger partial charge on any atom is -0.398 e. The molecule has 20 heavy (non-hydrogen) atoms. The predicted octanol–water partition coefficient (Wildman–Crippen LogP) is 5.06. The maximum absolute atomic E-state index is 6.54. The van der Waals surface area contributed by atoms with Crippen LogP contribution >= 0.6 is 0 Å². The van der Waals surface area contributed by atoms with E-state index in [9.17, 15) is 0 Å². The van der Waals surface area contributed by atoms with Gasteiger partial charge in [0.15, 0.2) is 0 Å². The highest BCUT2D eigenvalue weighted by molar-refractivity contribution is 5.74. The largest absolute Gasteiger partial charge is 0.398 e. The van der Waals surface area contributed by atoms with E-state index in [1.165, 1.54) is 42.4 Å². The molecule has 2 nitrogen and oxygen atoms in total. The van der Waals surface area contributed by atoms with Crippen LogP contribution in [0, 0.1) is 6.92 Å². The second-order valence-electron chi connectivity index (χ2n) is 6.98. The number of nitrogen functional groups attached to an aromatic ring is 2. The highest BCUT2D eigenvalue weighted by atomic mass is 14.7. The summed E-state index contributed by atoms with van der Waals surface area (Å²) in [4.78, 5) is 0. The van der Waals surface area contributed by atoms with Gasteiger partial charge in [0.1, 0.15) is 0 Å². The van der Waals surface area contributed by atoms with Gasteiger partial charge in [0.05, 0.1) is 0 Å². The third-order valence-electron chi connectivity index (χ3n) is 4.89. The van der Waals surface area contributed by atoms with Gasteiger partial charge in [-0.05, 0) is 54.2 Å². The summed E-state index contributed by atoms with van der Waals surface area (Å²) in [5, 5.41) is 0. The molecular weight excluding hydrogens is 244 g/mol. The van der Waals surface area contributed by atoms with Gasteiger partial charge < -0.3 is 11.5 Å². The third kappa shape index (κ3) is 2.41. The standard InChI is InChI=1S/C18H30N2/c1-10(2)14-16(13-8-6-7-9-13)12(5)17(19)15(11(3)4)18(14)20/h10-11,13H,6-9,19-20H2,1-5H3. The smallest absolute Gasteiger partial charge is 0.0408 e. The highest BCUT2D eigenvalue weighted by Crippen LogP contribution is 2.46. The highest BCUT2D eigenvalue weighted by Gasteiger charge is 2.28. The summed E-state index contributed by atoms with van der Waals surface area (Å²) >= 11 is 0. The molecule has 1 aromatic carbocycles. The lowest BCUT2D eigenvalue weighted by Crippen LogP contribution is -2.14. The quantitative estimate of drug-likeness (QED) is 0.757. The average Bonchev–Trinajstić information content (AvgIpc) is 2.85. The fourth-order valence-electron chi connectivity index (χ4n) is 3.97. The van der Waals surface area contributed by atoms with Gasteiger partial charge in [-0.25, -0.2) is 0 Å². The molecule has 2 rings (SSSR count). The monoisotopic (exact) mass is 274 g/mol. The van der Waals surface area contributed by atoms with Crippen LogP contribution in [0.3, 0.4) is 0 Å². The fraction of sp³-hybridized carbons (Fsp3) is 0.667. The first-order chi connectivity index (χ1) is 9.36. The van der Waals surface area contributed by atoms with E-state index >= 15 is 0 Å². The molecule has 0 saturated heterocycles. The van der Waals surface area contributed by atoms with E-state index in [2.05, 4.69) is 34.6 Å². The molecule has 1 aliphatic rings. The van der Waals surface area contributed by atoms with Crippen LogP contribution in [0.2, 0.25) is 0 Å². The Hall–Kier alpha value is -1.18. The zero-order chi connectivity index (χ0) is 15.0. The van der Waals surface area contributed by atoms with Crippen molar-refractivity contribution in [1.29, 1.82) is 0 Å². The third-order valence-corrected chi connectivity index (χ3v) is 4.89. The number of hydrogen-bond donors (Lipinski definition) is 2. The second kappa shape index (κ2) is 5.67. The number of anilines is 2. The number of rotatable bonds is 3. The van der Waals surface area contributed by atoms with E-state index in [0.29, 0.717) is 17.8 Å². The molecule has 1 fully saturated rings. The molecule has 1 saturated carbocycles. The molecule has 112 valence electrons. The average molecular weight is 274 g/mol. The van der Waals surface area contributed by atoms with Crippen LogP contribution in [0.4, 0.5) is 11.4 Å². The number of nitrogens with two attached hydrogens (primary N) is 2. The molecule has 1 aromatic rings. The van der Waals surface area contributed by atoms with Crippen molar-refractivity contribution in [1.82, 2.24) is 0 Å². The van der Waals surface area contributed by atoms with Gasteiger partial charge >= 0.3 is 0 Å². The SMILES string of the molecule is Cc1c(N)c(C(C)C)c(N)c(C(C)C)c1C1CCCC1. The van der Waals surface area contributed by atoms with Crippen molar-refractivity contribution in [3.05, 3.63) is 22.3 Å². The minimum absolute atomic E-state index is 0.379. The molecule has 0 spiro atoms. The molecule has 0 heterocycles. The van der Waals surface area contributed by atoms with Gasteiger partial charge in [-0.1, -0.05) is 40.5 Å². The summed E-state index contributed by atoms with van der Waals surface area (Å²) in [6.07, 6.45) is 5.27. The Kier molecular flexibility index (Phi) is 4.31. The lowest BCUT2D eigenvalue weighted by atomic mass is 9.79. The predicted molar refractivity (Wildman–Crippen MR) is 89.4 cm³/mol. The van der Waals surface area contributed by atoms with E-state index < -0.39 is 0 Å². The summed E-state index contributed by atoms with van der Waals surface area (Å²) < 4.78 is 0. The normalized spacial score (nSPS) is 16.6. The molecule has 4 N–H and O–H groups in total. The van der Waals surface area contributed by atoms with Crippen molar-refractivity contribution < 1.29 is 0 Å². The minimum atomic E-state index is 0.379. The summed E-state index contributed by atoms with van der Waals surface area (Å²) in [7, 11) is 0. The summed E-state index contributed by atoms with van der Waals surface area (Å²) in [6.45, 7) is 11.1. The van der Waals surface area contributed by atoms with E-state index in [-0.39, 0.29) is 0 Å². The second-order valence-corrected chi connectivity index (χ2v) is 6.98. The van der Waals surface area contributed by atoms with Crippen LogP contribution in [0.1, 0.15) is 93.4 Å².